The highest BCUT2D eigenvalue weighted by Gasteiger charge is 2.74. The number of rotatable bonds is 2. The molecule has 0 amide bonds. The van der Waals surface area contributed by atoms with Crippen molar-refractivity contribution in [3.63, 3.8) is 0 Å². The first-order valence-electron chi connectivity index (χ1n) is 16.5. The molecule has 0 aromatic heterocycles. The summed E-state index contributed by atoms with van der Waals surface area (Å²) in [5.74, 6) is 1.44. The van der Waals surface area contributed by atoms with Gasteiger partial charge in [0.1, 0.15) is 30.0 Å². The summed E-state index contributed by atoms with van der Waals surface area (Å²) in [7, 11) is 0. The quantitative estimate of drug-likeness (QED) is 0.257. The first-order chi connectivity index (χ1) is 19.8. The van der Waals surface area contributed by atoms with Crippen LogP contribution in [0.1, 0.15) is 79.1 Å². The number of hydrogen-bond donors (Lipinski definition) is 6. The predicted molar refractivity (Wildman–Crippen MR) is 149 cm³/mol. The van der Waals surface area contributed by atoms with Crippen molar-refractivity contribution in [2.45, 2.75) is 139 Å². The van der Waals surface area contributed by atoms with Crippen LogP contribution in [0.5, 0.6) is 0 Å². The standard InChI is InChI=1S/C32H52O10/c1-15-5-10-32(40-13-15)16(2)24-22(41-32)11-19-17-6-9-31(42-28-26(37)25(36)21(34)14-39-28)27(38)20(33)12-23(35)30(31,4)18(17)7-8-29(19,24)3/h15-28,33-38H,5-14H2,1-4H3/t15-,16-,17+,18-,19-,20-,21+,22+,23+,24-,25+,26-,27-,28+,29-,30-,31-,32+/m0/s1. The topological polar surface area (TPSA) is 158 Å². The third kappa shape index (κ3) is 3.86. The zero-order chi connectivity index (χ0) is 30.0. The Labute approximate surface area is 248 Å². The number of hydrogen-bond acceptors (Lipinski definition) is 10. The molecule has 42 heavy (non-hydrogen) atoms. The molecule has 0 radical (unpaired) electrons. The van der Waals surface area contributed by atoms with Crippen LogP contribution in [0.2, 0.25) is 0 Å². The number of fused-ring (bicyclic) bond motifs is 7. The summed E-state index contributed by atoms with van der Waals surface area (Å²) in [6.07, 6.45) is -2.92. The molecule has 10 heteroatoms. The van der Waals surface area contributed by atoms with Crippen LogP contribution in [0.25, 0.3) is 0 Å². The van der Waals surface area contributed by atoms with Crippen LogP contribution in [0, 0.1) is 46.3 Å². The smallest absolute Gasteiger partial charge is 0.187 e. The Kier molecular flexibility index (Phi) is 7.24. The van der Waals surface area contributed by atoms with Crippen molar-refractivity contribution >= 4 is 0 Å². The van der Waals surface area contributed by atoms with Crippen molar-refractivity contribution in [2.75, 3.05) is 13.2 Å². The molecule has 3 aliphatic heterocycles. The first-order valence-corrected chi connectivity index (χ1v) is 16.5. The van der Waals surface area contributed by atoms with E-state index in [9.17, 15) is 30.6 Å². The van der Waals surface area contributed by atoms with Gasteiger partial charge in [0.05, 0.1) is 31.5 Å². The highest BCUT2D eigenvalue weighted by Crippen LogP contribution is 2.72. The average Bonchev–Trinajstić information content (AvgIpc) is 3.40. The second-order valence-corrected chi connectivity index (χ2v) is 15.7. The molecule has 3 saturated heterocycles. The molecule has 240 valence electrons. The maximum Gasteiger partial charge on any atom is 0.187 e. The van der Waals surface area contributed by atoms with Gasteiger partial charge in [-0.2, -0.15) is 0 Å². The molecule has 0 bridgehead atoms. The fourth-order valence-electron chi connectivity index (χ4n) is 11.7. The minimum absolute atomic E-state index is 0.00703. The van der Waals surface area contributed by atoms with Crippen LogP contribution < -0.4 is 0 Å². The second-order valence-electron chi connectivity index (χ2n) is 15.7. The van der Waals surface area contributed by atoms with Gasteiger partial charge in [-0.1, -0.05) is 27.7 Å². The predicted octanol–water partition coefficient (Wildman–Crippen LogP) is 1.31. The molecule has 18 atom stereocenters. The van der Waals surface area contributed by atoms with Gasteiger partial charge in [0.25, 0.3) is 0 Å². The van der Waals surface area contributed by atoms with Gasteiger partial charge < -0.3 is 49.6 Å². The van der Waals surface area contributed by atoms with E-state index in [1.807, 2.05) is 6.92 Å². The van der Waals surface area contributed by atoms with Crippen LogP contribution in [0.4, 0.5) is 0 Å². The van der Waals surface area contributed by atoms with Crippen molar-refractivity contribution in [3.05, 3.63) is 0 Å². The van der Waals surface area contributed by atoms with E-state index in [0.717, 1.165) is 45.1 Å². The summed E-state index contributed by atoms with van der Waals surface area (Å²) < 4.78 is 25.5. The fourth-order valence-corrected chi connectivity index (χ4v) is 11.7. The molecule has 3 heterocycles. The lowest BCUT2D eigenvalue weighted by atomic mass is 9.41. The maximum absolute atomic E-state index is 11.8. The zero-order valence-corrected chi connectivity index (χ0v) is 25.5. The van der Waals surface area contributed by atoms with Crippen LogP contribution in [0.3, 0.4) is 0 Å². The van der Waals surface area contributed by atoms with Gasteiger partial charge in [0, 0.05) is 24.2 Å². The summed E-state index contributed by atoms with van der Waals surface area (Å²) >= 11 is 0. The van der Waals surface area contributed by atoms with Gasteiger partial charge in [0.2, 0.25) is 0 Å². The van der Waals surface area contributed by atoms with Crippen molar-refractivity contribution in [3.8, 4) is 0 Å². The van der Waals surface area contributed by atoms with E-state index < -0.39 is 59.7 Å². The maximum atomic E-state index is 11.8. The molecular weight excluding hydrogens is 544 g/mol. The second kappa shape index (κ2) is 10.0. The summed E-state index contributed by atoms with van der Waals surface area (Å²) in [5, 5.41) is 65.4. The number of aliphatic hydroxyl groups excluding tert-OH is 6. The Balaban J connectivity index is 1.19. The van der Waals surface area contributed by atoms with Crippen LogP contribution in [0.15, 0.2) is 0 Å². The summed E-state index contributed by atoms with van der Waals surface area (Å²) in [6, 6.07) is 0. The SMILES string of the molecule is C[C@H]1CC[C@@]2(OC1)O[C@@H]1C[C@H]3[C@@H]4CC[C@]5(O[C@H]6OC[C@@H](O)[C@@H](O)[C@@H]6O)[C@@H](O)[C@@H](O)C[C@@H](O)[C@]5(C)[C@H]4CC[C@]3(C)[C@H]1[C@@H]2C. The third-order valence-corrected chi connectivity index (χ3v) is 14.0. The van der Waals surface area contributed by atoms with Crippen molar-refractivity contribution < 1.29 is 49.6 Å². The Bertz CT molecular complexity index is 1030. The normalized spacial score (nSPS) is 62.7. The largest absolute Gasteiger partial charge is 0.392 e. The summed E-state index contributed by atoms with van der Waals surface area (Å²) in [6.45, 7) is 9.50. The Hall–Kier alpha value is -0.400. The summed E-state index contributed by atoms with van der Waals surface area (Å²) in [4.78, 5) is 0. The first kappa shape index (κ1) is 30.3. The lowest BCUT2D eigenvalue weighted by Crippen LogP contribution is -2.75. The van der Waals surface area contributed by atoms with Gasteiger partial charge in [-0.15, -0.1) is 0 Å². The minimum Gasteiger partial charge on any atom is -0.392 e. The molecular formula is C32H52O10. The van der Waals surface area contributed by atoms with Crippen LogP contribution in [-0.2, 0) is 18.9 Å². The van der Waals surface area contributed by atoms with Gasteiger partial charge in [0.15, 0.2) is 12.1 Å². The highest BCUT2D eigenvalue weighted by atomic mass is 16.7. The van der Waals surface area contributed by atoms with E-state index in [-0.39, 0.29) is 36.4 Å². The molecule has 10 nitrogen and oxygen atoms in total. The number of ether oxygens (including phenoxy) is 4. The van der Waals surface area contributed by atoms with E-state index in [4.69, 9.17) is 18.9 Å². The average molecular weight is 597 g/mol. The third-order valence-electron chi connectivity index (χ3n) is 14.0. The van der Waals surface area contributed by atoms with Crippen molar-refractivity contribution in [1.29, 1.82) is 0 Å². The van der Waals surface area contributed by atoms with E-state index >= 15 is 0 Å². The van der Waals surface area contributed by atoms with E-state index in [2.05, 4.69) is 20.8 Å². The molecule has 7 fully saturated rings. The Morgan fingerprint density at radius 3 is 2.26 bits per heavy atom. The fraction of sp³-hybridized carbons (Fsp3) is 1.00. The minimum atomic E-state index is -1.53. The van der Waals surface area contributed by atoms with Crippen molar-refractivity contribution in [1.82, 2.24) is 0 Å². The highest BCUT2D eigenvalue weighted by molar-refractivity contribution is 5.22. The van der Waals surface area contributed by atoms with Crippen LogP contribution >= 0.6 is 0 Å². The molecule has 6 N–H and O–H groups in total. The summed E-state index contributed by atoms with van der Waals surface area (Å²) in [5.41, 5.74) is -2.27. The molecule has 0 aromatic rings. The molecule has 7 rings (SSSR count). The molecule has 4 saturated carbocycles. The van der Waals surface area contributed by atoms with E-state index in [1.165, 1.54) is 0 Å². The molecule has 7 aliphatic rings. The van der Waals surface area contributed by atoms with Crippen molar-refractivity contribution in [2.24, 2.45) is 46.3 Å². The Morgan fingerprint density at radius 1 is 0.786 bits per heavy atom. The monoisotopic (exact) mass is 596 g/mol. The Morgan fingerprint density at radius 2 is 1.55 bits per heavy atom. The molecule has 4 aliphatic carbocycles. The molecule has 0 unspecified atom stereocenters. The zero-order valence-electron chi connectivity index (χ0n) is 25.5. The van der Waals surface area contributed by atoms with Gasteiger partial charge in [-0.3, -0.25) is 0 Å². The van der Waals surface area contributed by atoms with Crippen LogP contribution in [-0.4, -0.2) is 104 Å². The van der Waals surface area contributed by atoms with Gasteiger partial charge in [-0.25, -0.2) is 0 Å². The van der Waals surface area contributed by atoms with Gasteiger partial charge >= 0.3 is 0 Å². The lowest BCUT2D eigenvalue weighted by molar-refractivity contribution is -0.379. The molecule has 1 spiro atoms. The van der Waals surface area contributed by atoms with E-state index in [0.29, 0.717) is 30.1 Å². The molecule has 0 aromatic carbocycles. The van der Waals surface area contributed by atoms with Gasteiger partial charge in [-0.05, 0) is 73.5 Å². The number of aliphatic hydroxyl groups is 6. The van der Waals surface area contributed by atoms with E-state index in [1.54, 1.807) is 0 Å². The lowest BCUT2D eigenvalue weighted by Gasteiger charge is -2.68.